The number of nitrogens with two attached hydrogens (primary N) is 1. The number of hydrogen-bond acceptors (Lipinski definition) is 5. The Kier molecular flexibility index (Phi) is 3.88. The molecular formula is C12H17N5O. The van der Waals surface area contributed by atoms with Gasteiger partial charge in [0.15, 0.2) is 6.61 Å². The summed E-state index contributed by atoms with van der Waals surface area (Å²) in [5.41, 5.74) is 7.04. The van der Waals surface area contributed by atoms with Crippen molar-refractivity contribution in [3.63, 3.8) is 0 Å². The fourth-order valence-electron chi connectivity index (χ4n) is 1.66. The van der Waals surface area contributed by atoms with Crippen molar-refractivity contribution >= 4 is 0 Å². The molecule has 18 heavy (non-hydrogen) atoms. The second kappa shape index (κ2) is 5.59. The van der Waals surface area contributed by atoms with E-state index in [4.69, 9.17) is 10.5 Å². The Hall–Kier alpha value is -1.95. The van der Waals surface area contributed by atoms with Gasteiger partial charge < -0.3 is 10.5 Å². The average Bonchev–Trinajstić information content (AvgIpc) is 2.81. The molecule has 1 unspecified atom stereocenters. The number of benzene rings is 1. The van der Waals surface area contributed by atoms with Crippen LogP contribution >= 0.6 is 0 Å². The first-order chi connectivity index (χ1) is 8.70. The SMILES string of the molecule is CCC(N)c1ccccc1OCc1nnn(C)n1. The van der Waals surface area contributed by atoms with Crippen LogP contribution in [-0.2, 0) is 13.7 Å². The summed E-state index contributed by atoms with van der Waals surface area (Å²) in [5, 5.41) is 11.7. The van der Waals surface area contributed by atoms with Gasteiger partial charge in [-0.3, -0.25) is 0 Å². The molecule has 2 aromatic rings. The van der Waals surface area contributed by atoms with E-state index in [1.165, 1.54) is 4.80 Å². The molecule has 0 fully saturated rings. The zero-order valence-electron chi connectivity index (χ0n) is 10.6. The van der Waals surface area contributed by atoms with Gasteiger partial charge in [-0.25, -0.2) is 0 Å². The zero-order valence-corrected chi connectivity index (χ0v) is 10.6. The highest BCUT2D eigenvalue weighted by molar-refractivity contribution is 5.35. The minimum atomic E-state index is -0.0176. The fraction of sp³-hybridized carbons (Fsp3) is 0.417. The third kappa shape index (κ3) is 2.84. The van der Waals surface area contributed by atoms with Crippen LogP contribution < -0.4 is 10.5 Å². The zero-order chi connectivity index (χ0) is 13.0. The van der Waals surface area contributed by atoms with Crippen LogP contribution in [0, 0.1) is 0 Å². The minimum Gasteiger partial charge on any atom is -0.485 e. The first-order valence-corrected chi connectivity index (χ1v) is 5.91. The number of rotatable bonds is 5. The molecule has 0 saturated carbocycles. The van der Waals surface area contributed by atoms with E-state index in [-0.39, 0.29) is 6.04 Å². The molecule has 0 spiro atoms. The molecule has 0 aliphatic heterocycles. The van der Waals surface area contributed by atoms with E-state index in [0.717, 1.165) is 17.7 Å². The predicted octanol–water partition coefficient (Wildman–Crippen LogP) is 1.20. The van der Waals surface area contributed by atoms with Gasteiger partial charge in [-0.15, -0.1) is 10.2 Å². The van der Waals surface area contributed by atoms with Crippen molar-refractivity contribution in [1.82, 2.24) is 20.2 Å². The van der Waals surface area contributed by atoms with E-state index in [2.05, 4.69) is 15.4 Å². The smallest absolute Gasteiger partial charge is 0.212 e. The van der Waals surface area contributed by atoms with Crippen molar-refractivity contribution in [2.45, 2.75) is 26.0 Å². The van der Waals surface area contributed by atoms with Crippen LogP contribution in [0.5, 0.6) is 5.75 Å². The lowest BCUT2D eigenvalue weighted by molar-refractivity contribution is 0.290. The molecule has 1 aromatic heterocycles. The Balaban J connectivity index is 2.09. The van der Waals surface area contributed by atoms with Gasteiger partial charge in [-0.1, -0.05) is 25.1 Å². The van der Waals surface area contributed by atoms with Crippen LogP contribution in [0.4, 0.5) is 0 Å². The van der Waals surface area contributed by atoms with E-state index >= 15 is 0 Å². The highest BCUT2D eigenvalue weighted by Crippen LogP contribution is 2.25. The highest BCUT2D eigenvalue weighted by Gasteiger charge is 2.10. The van der Waals surface area contributed by atoms with Crippen LogP contribution in [0.15, 0.2) is 24.3 Å². The van der Waals surface area contributed by atoms with Crippen LogP contribution in [0.1, 0.15) is 30.8 Å². The number of para-hydroxylation sites is 1. The maximum absolute atomic E-state index is 6.04. The van der Waals surface area contributed by atoms with Crippen LogP contribution in [-0.4, -0.2) is 20.2 Å². The molecule has 6 heteroatoms. The van der Waals surface area contributed by atoms with Gasteiger partial charge >= 0.3 is 0 Å². The molecule has 0 aliphatic rings. The number of aryl methyl sites for hydroxylation is 1. The average molecular weight is 247 g/mol. The fourth-order valence-corrected chi connectivity index (χ4v) is 1.66. The van der Waals surface area contributed by atoms with Gasteiger partial charge in [0.1, 0.15) is 5.75 Å². The third-order valence-electron chi connectivity index (χ3n) is 2.66. The summed E-state index contributed by atoms with van der Waals surface area (Å²) in [4.78, 5) is 1.41. The molecule has 1 heterocycles. The molecule has 0 saturated heterocycles. The Morgan fingerprint density at radius 2 is 2.17 bits per heavy atom. The quantitative estimate of drug-likeness (QED) is 0.858. The van der Waals surface area contributed by atoms with E-state index < -0.39 is 0 Å². The van der Waals surface area contributed by atoms with E-state index in [1.54, 1.807) is 7.05 Å². The lowest BCUT2D eigenvalue weighted by Gasteiger charge is -2.14. The molecule has 2 rings (SSSR count). The highest BCUT2D eigenvalue weighted by atomic mass is 16.5. The first kappa shape index (κ1) is 12.5. The standard InChI is InChI=1S/C12H17N5O/c1-3-10(13)9-6-4-5-7-11(9)18-8-12-14-16-17(2)15-12/h4-7,10H,3,8,13H2,1-2H3. The molecule has 2 N–H and O–H groups in total. The van der Waals surface area contributed by atoms with Gasteiger partial charge in [-0.2, -0.15) is 4.80 Å². The normalized spacial score (nSPS) is 12.4. The van der Waals surface area contributed by atoms with Crippen molar-refractivity contribution in [2.75, 3.05) is 0 Å². The molecule has 1 atom stereocenters. The number of nitrogens with zero attached hydrogens (tertiary/aromatic N) is 4. The van der Waals surface area contributed by atoms with Crippen molar-refractivity contribution in [3.05, 3.63) is 35.7 Å². The van der Waals surface area contributed by atoms with Gasteiger partial charge in [0.25, 0.3) is 0 Å². The summed E-state index contributed by atoms with van der Waals surface area (Å²) in [6.45, 7) is 2.34. The second-order valence-electron chi connectivity index (χ2n) is 4.04. The Bertz CT molecular complexity index is 511. The summed E-state index contributed by atoms with van der Waals surface area (Å²) in [6, 6.07) is 7.74. The molecule has 0 radical (unpaired) electrons. The lowest BCUT2D eigenvalue weighted by Crippen LogP contribution is -2.11. The minimum absolute atomic E-state index is 0.0176. The monoisotopic (exact) mass is 247 g/mol. The number of aromatic nitrogens is 4. The van der Waals surface area contributed by atoms with Crippen LogP contribution in [0.2, 0.25) is 0 Å². The molecule has 0 amide bonds. The van der Waals surface area contributed by atoms with E-state index in [1.807, 2.05) is 31.2 Å². The Labute approximate surface area is 106 Å². The largest absolute Gasteiger partial charge is 0.485 e. The van der Waals surface area contributed by atoms with Gasteiger partial charge in [0.05, 0.1) is 7.05 Å². The first-order valence-electron chi connectivity index (χ1n) is 5.91. The van der Waals surface area contributed by atoms with Crippen molar-refractivity contribution in [1.29, 1.82) is 0 Å². The van der Waals surface area contributed by atoms with Gasteiger partial charge in [-0.05, 0) is 17.7 Å². The van der Waals surface area contributed by atoms with E-state index in [9.17, 15) is 0 Å². The summed E-state index contributed by atoms with van der Waals surface area (Å²) < 4.78 is 5.70. The molecule has 0 bridgehead atoms. The van der Waals surface area contributed by atoms with E-state index in [0.29, 0.717) is 12.4 Å². The Morgan fingerprint density at radius 1 is 1.39 bits per heavy atom. The summed E-state index contributed by atoms with van der Waals surface area (Å²) >= 11 is 0. The predicted molar refractivity (Wildman–Crippen MR) is 66.8 cm³/mol. The molecule has 6 nitrogen and oxygen atoms in total. The summed E-state index contributed by atoms with van der Waals surface area (Å²) in [5.74, 6) is 1.33. The van der Waals surface area contributed by atoms with Crippen molar-refractivity contribution < 1.29 is 4.74 Å². The van der Waals surface area contributed by atoms with Gasteiger partial charge in [0.2, 0.25) is 5.82 Å². The molecule has 0 aliphatic carbocycles. The summed E-state index contributed by atoms with van der Waals surface area (Å²) in [7, 11) is 1.72. The Morgan fingerprint density at radius 3 is 2.83 bits per heavy atom. The van der Waals surface area contributed by atoms with Crippen LogP contribution in [0.3, 0.4) is 0 Å². The van der Waals surface area contributed by atoms with Crippen molar-refractivity contribution in [3.8, 4) is 5.75 Å². The second-order valence-corrected chi connectivity index (χ2v) is 4.04. The number of hydrogen-bond donors (Lipinski definition) is 1. The molecular weight excluding hydrogens is 230 g/mol. The van der Waals surface area contributed by atoms with Crippen LogP contribution in [0.25, 0.3) is 0 Å². The van der Waals surface area contributed by atoms with Crippen molar-refractivity contribution in [2.24, 2.45) is 12.8 Å². The maximum atomic E-state index is 6.04. The maximum Gasteiger partial charge on any atom is 0.212 e. The molecule has 96 valence electrons. The third-order valence-corrected chi connectivity index (χ3v) is 2.66. The van der Waals surface area contributed by atoms with Gasteiger partial charge in [0, 0.05) is 11.6 Å². The lowest BCUT2D eigenvalue weighted by atomic mass is 10.0. The topological polar surface area (TPSA) is 78.9 Å². The summed E-state index contributed by atoms with van der Waals surface area (Å²) in [6.07, 6.45) is 0.865. The molecule has 1 aromatic carbocycles. The number of tetrazole rings is 1. The number of ether oxygens (including phenoxy) is 1.